The van der Waals surface area contributed by atoms with E-state index in [9.17, 15) is 8.42 Å². The van der Waals surface area contributed by atoms with Crippen LogP contribution >= 0.6 is 12.4 Å². The van der Waals surface area contributed by atoms with Crippen molar-refractivity contribution < 1.29 is 8.42 Å². The van der Waals surface area contributed by atoms with E-state index in [4.69, 9.17) is 5.73 Å². The zero-order valence-electron chi connectivity index (χ0n) is 13.9. The van der Waals surface area contributed by atoms with Crippen molar-refractivity contribution in [2.45, 2.75) is 56.9 Å². The molecule has 23 heavy (non-hydrogen) atoms. The number of hydrogen-bond acceptors (Lipinski definition) is 3. The fourth-order valence-electron chi connectivity index (χ4n) is 3.55. The van der Waals surface area contributed by atoms with E-state index in [1.54, 1.807) is 10.4 Å². The largest absolute Gasteiger partial charge is 0.327 e. The normalized spacial score (nSPS) is 24.6. The minimum absolute atomic E-state index is 0. The van der Waals surface area contributed by atoms with E-state index in [1.807, 2.05) is 26.0 Å². The Labute approximate surface area is 145 Å². The van der Waals surface area contributed by atoms with Gasteiger partial charge in [-0.1, -0.05) is 19.9 Å². The molecule has 3 rings (SSSR count). The van der Waals surface area contributed by atoms with Crippen molar-refractivity contribution in [3.05, 3.63) is 29.3 Å². The van der Waals surface area contributed by atoms with Gasteiger partial charge in [0.25, 0.3) is 0 Å². The van der Waals surface area contributed by atoms with Crippen LogP contribution in [0.5, 0.6) is 0 Å². The topological polar surface area (TPSA) is 63.4 Å². The Morgan fingerprint density at radius 2 is 1.83 bits per heavy atom. The van der Waals surface area contributed by atoms with Crippen molar-refractivity contribution >= 4 is 22.4 Å². The average molecular weight is 359 g/mol. The fourth-order valence-corrected chi connectivity index (χ4v) is 5.23. The molecule has 1 fully saturated rings. The van der Waals surface area contributed by atoms with Crippen LogP contribution in [0.15, 0.2) is 23.1 Å². The lowest BCUT2D eigenvalue weighted by atomic mass is 9.81. The summed E-state index contributed by atoms with van der Waals surface area (Å²) in [6, 6.07) is 5.73. The van der Waals surface area contributed by atoms with E-state index in [0.29, 0.717) is 18.0 Å². The van der Waals surface area contributed by atoms with Gasteiger partial charge in [0.2, 0.25) is 10.0 Å². The van der Waals surface area contributed by atoms with Crippen LogP contribution in [-0.4, -0.2) is 31.9 Å². The highest BCUT2D eigenvalue weighted by molar-refractivity contribution is 7.89. The predicted molar refractivity (Wildman–Crippen MR) is 95.5 cm³/mol. The van der Waals surface area contributed by atoms with Gasteiger partial charge in [-0.3, -0.25) is 0 Å². The first-order valence-electron chi connectivity index (χ1n) is 8.18. The molecule has 1 atom stereocenters. The minimum atomic E-state index is -3.41. The van der Waals surface area contributed by atoms with Crippen molar-refractivity contribution in [2.75, 3.05) is 13.1 Å². The number of nitrogens with zero attached hydrogens (tertiary/aromatic N) is 1. The van der Waals surface area contributed by atoms with E-state index >= 15 is 0 Å². The second-order valence-electron chi connectivity index (χ2n) is 7.36. The molecule has 4 nitrogen and oxygen atoms in total. The molecule has 0 saturated carbocycles. The third kappa shape index (κ3) is 3.58. The standard InChI is InChI=1S/C17H26N2O2S.ClH/c1-17(2)12-19(10-9-16(17)18)22(20,21)15-8-7-13-5-3-4-6-14(13)11-15;/h7-8,11,16H,3-6,9-10,12,18H2,1-2H3;1H. The summed E-state index contributed by atoms with van der Waals surface area (Å²) < 4.78 is 27.5. The molecule has 1 unspecified atom stereocenters. The zero-order valence-corrected chi connectivity index (χ0v) is 15.5. The molecule has 0 spiro atoms. The Hall–Kier alpha value is -0.620. The summed E-state index contributed by atoms with van der Waals surface area (Å²) in [6.45, 7) is 5.11. The number of fused-ring (bicyclic) bond motifs is 1. The molecule has 130 valence electrons. The van der Waals surface area contributed by atoms with Gasteiger partial charge in [0.05, 0.1) is 4.90 Å². The van der Waals surface area contributed by atoms with Crippen molar-refractivity contribution in [3.8, 4) is 0 Å². The predicted octanol–water partition coefficient (Wildman–Crippen LogP) is 2.74. The highest BCUT2D eigenvalue weighted by atomic mass is 35.5. The molecule has 1 aromatic carbocycles. The number of benzene rings is 1. The smallest absolute Gasteiger partial charge is 0.243 e. The van der Waals surface area contributed by atoms with Crippen molar-refractivity contribution in [2.24, 2.45) is 11.1 Å². The summed E-state index contributed by atoms with van der Waals surface area (Å²) in [5, 5.41) is 0. The molecule has 0 amide bonds. The number of aryl methyl sites for hydroxylation is 2. The average Bonchev–Trinajstić information content (AvgIpc) is 2.49. The number of halogens is 1. The second-order valence-corrected chi connectivity index (χ2v) is 9.30. The van der Waals surface area contributed by atoms with Crippen LogP contribution in [0.4, 0.5) is 0 Å². The van der Waals surface area contributed by atoms with E-state index < -0.39 is 10.0 Å². The summed E-state index contributed by atoms with van der Waals surface area (Å²) in [7, 11) is -3.41. The van der Waals surface area contributed by atoms with Gasteiger partial charge in [-0.05, 0) is 60.8 Å². The number of sulfonamides is 1. The van der Waals surface area contributed by atoms with Gasteiger partial charge in [-0.2, -0.15) is 4.31 Å². The van der Waals surface area contributed by atoms with Crippen LogP contribution in [0.1, 0.15) is 44.2 Å². The van der Waals surface area contributed by atoms with Crippen LogP contribution in [0.3, 0.4) is 0 Å². The van der Waals surface area contributed by atoms with E-state index in [1.165, 1.54) is 17.5 Å². The summed E-state index contributed by atoms with van der Waals surface area (Å²) in [6.07, 6.45) is 5.15. The Balaban J connectivity index is 0.00000192. The van der Waals surface area contributed by atoms with Crippen molar-refractivity contribution in [1.82, 2.24) is 4.31 Å². The first-order chi connectivity index (χ1) is 10.3. The number of piperidine rings is 1. The third-order valence-corrected chi connectivity index (χ3v) is 7.08. The number of nitrogens with two attached hydrogens (primary N) is 1. The second kappa shape index (κ2) is 6.71. The monoisotopic (exact) mass is 358 g/mol. The molecular weight excluding hydrogens is 332 g/mol. The number of rotatable bonds is 2. The van der Waals surface area contributed by atoms with Crippen LogP contribution < -0.4 is 5.73 Å². The van der Waals surface area contributed by atoms with Crippen molar-refractivity contribution in [1.29, 1.82) is 0 Å². The SMILES string of the molecule is CC1(C)CN(S(=O)(=O)c2ccc3c(c2)CCCC3)CCC1N.Cl. The maximum Gasteiger partial charge on any atom is 0.243 e. The summed E-state index contributed by atoms with van der Waals surface area (Å²) in [4.78, 5) is 0.444. The summed E-state index contributed by atoms with van der Waals surface area (Å²) in [5.41, 5.74) is 8.47. The first-order valence-corrected chi connectivity index (χ1v) is 9.62. The lowest BCUT2D eigenvalue weighted by Crippen LogP contribution is -2.53. The van der Waals surface area contributed by atoms with Gasteiger partial charge in [-0.15, -0.1) is 12.4 Å². The van der Waals surface area contributed by atoms with Crippen LogP contribution in [0.2, 0.25) is 0 Å². The molecule has 2 aliphatic rings. The highest BCUT2D eigenvalue weighted by Gasteiger charge is 2.38. The zero-order chi connectivity index (χ0) is 16.0. The maximum absolute atomic E-state index is 13.0. The van der Waals surface area contributed by atoms with Gasteiger partial charge in [0.15, 0.2) is 0 Å². The maximum atomic E-state index is 13.0. The molecule has 0 radical (unpaired) electrons. The van der Waals surface area contributed by atoms with Gasteiger partial charge >= 0.3 is 0 Å². The summed E-state index contributed by atoms with van der Waals surface area (Å²) in [5.74, 6) is 0. The lowest BCUT2D eigenvalue weighted by Gasteiger charge is -2.41. The molecule has 1 aliphatic heterocycles. The molecule has 0 bridgehead atoms. The van der Waals surface area contributed by atoms with Crippen molar-refractivity contribution in [3.63, 3.8) is 0 Å². The van der Waals surface area contributed by atoms with Crippen LogP contribution in [0.25, 0.3) is 0 Å². The Kier molecular flexibility index (Phi) is 5.46. The van der Waals surface area contributed by atoms with Crippen LogP contribution in [-0.2, 0) is 22.9 Å². The Bertz CT molecular complexity index is 673. The molecule has 1 saturated heterocycles. The number of hydrogen-bond donors (Lipinski definition) is 1. The quantitative estimate of drug-likeness (QED) is 0.884. The van der Waals surface area contributed by atoms with E-state index in [2.05, 4.69) is 0 Å². The van der Waals surface area contributed by atoms with Gasteiger partial charge in [0, 0.05) is 19.1 Å². The van der Waals surface area contributed by atoms with Gasteiger partial charge < -0.3 is 5.73 Å². The van der Waals surface area contributed by atoms with Gasteiger partial charge in [0.1, 0.15) is 0 Å². The Morgan fingerprint density at radius 3 is 2.48 bits per heavy atom. The molecule has 0 aromatic heterocycles. The van der Waals surface area contributed by atoms with E-state index in [0.717, 1.165) is 25.7 Å². The third-order valence-electron chi connectivity index (χ3n) is 5.23. The molecule has 6 heteroatoms. The fraction of sp³-hybridized carbons (Fsp3) is 0.647. The lowest BCUT2D eigenvalue weighted by molar-refractivity contribution is 0.155. The van der Waals surface area contributed by atoms with E-state index in [-0.39, 0.29) is 23.9 Å². The first kappa shape index (κ1) is 18.7. The summed E-state index contributed by atoms with van der Waals surface area (Å²) >= 11 is 0. The molecule has 1 aliphatic carbocycles. The minimum Gasteiger partial charge on any atom is -0.327 e. The molecule has 2 N–H and O–H groups in total. The Morgan fingerprint density at radius 1 is 1.17 bits per heavy atom. The molecule has 1 aromatic rings. The highest BCUT2D eigenvalue weighted by Crippen LogP contribution is 2.32. The van der Waals surface area contributed by atoms with Crippen LogP contribution in [0, 0.1) is 5.41 Å². The van der Waals surface area contributed by atoms with Gasteiger partial charge in [-0.25, -0.2) is 8.42 Å². The molecular formula is C17H27ClN2O2S. The molecule has 1 heterocycles.